The van der Waals surface area contributed by atoms with E-state index in [1.165, 1.54) is 0 Å². The van der Waals surface area contributed by atoms with E-state index in [9.17, 15) is 8.42 Å². The van der Waals surface area contributed by atoms with Crippen molar-refractivity contribution in [3.8, 4) is 5.69 Å². The molecule has 28 heavy (non-hydrogen) atoms. The molecule has 1 N–H and O–H groups in total. The minimum atomic E-state index is -3.65. The summed E-state index contributed by atoms with van der Waals surface area (Å²) < 4.78 is 33.0. The lowest BCUT2D eigenvalue weighted by molar-refractivity contribution is 0.543. The van der Waals surface area contributed by atoms with Gasteiger partial charge in [-0.2, -0.15) is 10.2 Å². The van der Waals surface area contributed by atoms with E-state index >= 15 is 0 Å². The maximum atomic E-state index is 12.9. The Morgan fingerprint density at radius 2 is 1.68 bits per heavy atom. The summed E-state index contributed by atoms with van der Waals surface area (Å²) in [4.78, 5) is 0.241. The van der Waals surface area contributed by atoms with Crippen LogP contribution in [0.25, 0.3) is 5.69 Å². The van der Waals surface area contributed by atoms with Crippen molar-refractivity contribution in [2.45, 2.75) is 45.6 Å². The lowest BCUT2D eigenvalue weighted by Gasteiger charge is -2.09. The zero-order chi connectivity index (χ0) is 20.5. The molecule has 0 radical (unpaired) electrons. The first-order valence-corrected chi connectivity index (χ1v) is 11.3. The summed E-state index contributed by atoms with van der Waals surface area (Å²) >= 11 is 3.50. The predicted molar refractivity (Wildman–Crippen MR) is 112 cm³/mol. The standard InChI is InChI=1S/C19H24BrN5O2S/c1-13-18(20)15(3)24(22-13)12-8-11-21-28(26,27)19-14(2)23-25(16(19)4)17-9-6-5-7-10-17/h5-7,9-10,21H,8,11-12H2,1-4H3. The molecular formula is C19H24BrN5O2S. The fourth-order valence-electron chi connectivity index (χ4n) is 3.24. The number of hydrogen-bond donors (Lipinski definition) is 1. The van der Waals surface area contributed by atoms with Crippen molar-refractivity contribution in [1.29, 1.82) is 0 Å². The van der Waals surface area contributed by atoms with Crippen molar-refractivity contribution < 1.29 is 8.42 Å². The fraction of sp³-hybridized carbons (Fsp3) is 0.368. The molecular weight excluding hydrogens is 442 g/mol. The van der Waals surface area contributed by atoms with Gasteiger partial charge in [-0.05, 0) is 62.2 Å². The van der Waals surface area contributed by atoms with Gasteiger partial charge in [-0.15, -0.1) is 0 Å². The van der Waals surface area contributed by atoms with Crippen LogP contribution in [-0.4, -0.2) is 34.5 Å². The van der Waals surface area contributed by atoms with Crippen LogP contribution < -0.4 is 4.72 Å². The van der Waals surface area contributed by atoms with Gasteiger partial charge < -0.3 is 0 Å². The maximum absolute atomic E-state index is 12.9. The summed E-state index contributed by atoms with van der Waals surface area (Å²) in [6, 6.07) is 9.51. The normalized spacial score (nSPS) is 11.9. The van der Waals surface area contributed by atoms with Crippen molar-refractivity contribution in [2.24, 2.45) is 0 Å². The quantitative estimate of drug-likeness (QED) is 0.541. The van der Waals surface area contributed by atoms with Crippen LogP contribution in [0.3, 0.4) is 0 Å². The molecule has 3 aromatic rings. The van der Waals surface area contributed by atoms with Crippen molar-refractivity contribution in [1.82, 2.24) is 24.3 Å². The largest absolute Gasteiger partial charge is 0.268 e. The topological polar surface area (TPSA) is 81.8 Å². The Bertz CT molecular complexity index is 1090. The van der Waals surface area contributed by atoms with Crippen molar-refractivity contribution in [2.75, 3.05) is 6.54 Å². The van der Waals surface area contributed by atoms with Gasteiger partial charge in [0.1, 0.15) is 4.90 Å². The van der Waals surface area contributed by atoms with Crippen LogP contribution in [0.5, 0.6) is 0 Å². The first-order valence-electron chi connectivity index (χ1n) is 9.03. The minimum absolute atomic E-state index is 0.241. The van der Waals surface area contributed by atoms with Crippen LogP contribution in [-0.2, 0) is 16.6 Å². The Kier molecular flexibility index (Phi) is 6.07. The van der Waals surface area contributed by atoms with E-state index in [1.807, 2.05) is 48.9 Å². The molecule has 3 rings (SSSR count). The lowest BCUT2D eigenvalue weighted by Crippen LogP contribution is -2.26. The summed E-state index contributed by atoms with van der Waals surface area (Å²) in [5, 5.41) is 8.87. The van der Waals surface area contributed by atoms with E-state index in [0.717, 1.165) is 21.5 Å². The van der Waals surface area contributed by atoms with Gasteiger partial charge in [0.2, 0.25) is 10.0 Å². The molecule has 0 saturated carbocycles. The van der Waals surface area contributed by atoms with Crippen LogP contribution in [0.4, 0.5) is 0 Å². The molecule has 7 nitrogen and oxygen atoms in total. The number of sulfonamides is 1. The number of aryl methyl sites for hydroxylation is 3. The lowest BCUT2D eigenvalue weighted by atomic mass is 10.3. The molecule has 0 aliphatic rings. The van der Waals surface area contributed by atoms with Gasteiger partial charge in [0.05, 0.1) is 27.2 Å². The van der Waals surface area contributed by atoms with Crippen molar-refractivity contribution >= 4 is 26.0 Å². The zero-order valence-corrected chi connectivity index (χ0v) is 18.8. The smallest absolute Gasteiger partial charge is 0.244 e. The predicted octanol–water partition coefficient (Wildman–Crippen LogP) is 3.43. The molecule has 0 bridgehead atoms. The summed E-state index contributed by atoms with van der Waals surface area (Å²) in [6.07, 6.45) is 0.637. The average Bonchev–Trinajstić information content (AvgIpc) is 3.10. The molecule has 9 heteroatoms. The highest BCUT2D eigenvalue weighted by Crippen LogP contribution is 2.22. The molecule has 0 atom stereocenters. The number of hydrogen-bond acceptors (Lipinski definition) is 4. The average molecular weight is 466 g/mol. The Morgan fingerprint density at radius 3 is 2.29 bits per heavy atom. The van der Waals surface area contributed by atoms with Gasteiger partial charge in [0, 0.05) is 18.8 Å². The summed E-state index contributed by atoms with van der Waals surface area (Å²) in [5.41, 5.74) is 3.88. The number of halogens is 1. The molecule has 2 heterocycles. The Labute approximate surface area is 173 Å². The van der Waals surface area contributed by atoms with Gasteiger partial charge in [-0.25, -0.2) is 17.8 Å². The molecule has 1 aromatic carbocycles. The third kappa shape index (κ3) is 4.06. The number of nitrogens with one attached hydrogen (secondary N) is 1. The van der Waals surface area contributed by atoms with Crippen LogP contribution in [0, 0.1) is 27.7 Å². The molecule has 0 saturated heterocycles. The number of para-hydroxylation sites is 1. The van der Waals surface area contributed by atoms with Crippen LogP contribution in [0.2, 0.25) is 0 Å². The second-order valence-electron chi connectivity index (χ2n) is 6.71. The Balaban J connectivity index is 1.71. The monoisotopic (exact) mass is 465 g/mol. The number of nitrogens with zero attached hydrogens (tertiary/aromatic N) is 4. The summed E-state index contributed by atoms with van der Waals surface area (Å²) in [6.45, 7) is 8.38. The molecule has 0 spiro atoms. The third-order valence-corrected chi connectivity index (χ3v) is 7.49. The van der Waals surface area contributed by atoms with Crippen LogP contribution in [0.1, 0.15) is 29.2 Å². The third-order valence-electron chi connectivity index (χ3n) is 4.63. The van der Waals surface area contributed by atoms with E-state index in [1.54, 1.807) is 18.5 Å². The van der Waals surface area contributed by atoms with Crippen LogP contribution >= 0.6 is 15.9 Å². The van der Waals surface area contributed by atoms with Gasteiger partial charge in [0.15, 0.2) is 0 Å². The Hall–Kier alpha value is -1.97. The number of aromatic nitrogens is 4. The molecule has 0 aliphatic carbocycles. The number of benzene rings is 1. The van der Waals surface area contributed by atoms with E-state index in [0.29, 0.717) is 30.9 Å². The zero-order valence-electron chi connectivity index (χ0n) is 16.4. The molecule has 0 amide bonds. The van der Waals surface area contributed by atoms with Gasteiger partial charge >= 0.3 is 0 Å². The summed E-state index contributed by atoms with van der Waals surface area (Å²) in [5.74, 6) is 0. The SMILES string of the molecule is Cc1nn(CCCNS(=O)(=O)c2c(C)nn(-c3ccccc3)c2C)c(C)c1Br. The second kappa shape index (κ2) is 8.18. The highest BCUT2D eigenvalue weighted by Gasteiger charge is 2.24. The van der Waals surface area contributed by atoms with Gasteiger partial charge in [-0.3, -0.25) is 4.68 Å². The van der Waals surface area contributed by atoms with E-state index in [4.69, 9.17) is 0 Å². The fourth-order valence-corrected chi connectivity index (χ4v) is 4.98. The molecule has 150 valence electrons. The maximum Gasteiger partial charge on any atom is 0.244 e. The second-order valence-corrected chi connectivity index (χ2v) is 9.20. The van der Waals surface area contributed by atoms with Crippen LogP contribution in [0.15, 0.2) is 39.7 Å². The summed E-state index contributed by atoms with van der Waals surface area (Å²) in [7, 11) is -3.65. The van der Waals surface area contributed by atoms with Gasteiger partial charge in [-0.1, -0.05) is 18.2 Å². The molecule has 2 aromatic heterocycles. The highest BCUT2D eigenvalue weighted by atomic mass is 79.9. The highest BCUT2D eigenvalue weighted by molar-refractivity contribution is 9.10. The van der Waals surface area contributed by atoms with Crippen molar-refractivity contribution in [3.05, 3.63) is 57.6 Å². The van der Waals surface area contributed by atoms with Crippen molar-refractivity contribution in [3.63, 3.8) is 0 Å². The van der Waals surface area contributed by atoms with E-state index < -0.39 is 10.0 Å². The first-order chi connectivity index (χ1) is 13.2. The Morgan fingerprint density at radius 1 is 1.00 bits per heavy atom. The first kappa shape index (κ1) is 20.8. The minimum Gasteiger partial charge on any atom is -0.268 e. The van der Waals surface area contributed by atoms with Gasteiger partial charge in [0.25, 0.3) is 0 Å². The van der Waals surface area contributed by atoms with E-state index in [2.05, 4.69) is 30.8 Å². The molecule has 0 fully saturated rings. The van der Waals surface area contributed by atoms with E-state index in [-0.39, 0.29) is 4.90 Å². The number of rotatable bonds is 7. The molecule has 0 unspecified atom stereocenters. The molecule has 0 aliphatic heterocycles.